The fourth-order valence-electron chi connectivity index (χ4n) is 1.56. The summed E-state index contributed by atoms with van der Waals surface area (Å²) in [4.78, 5) is 6.41. The third-order valence-corrected chi connectivity index (χ3v) is 2.47. The molecule has 2 rings (SSSR count). The summed E-state index contributed by atoms with van der Waals surface area (Å²) in [6.45, 7) is 1.45. The average molecular weight is 263 g/mol. The Bertz CT molecular complexity index is 419. The molecule has 1 saturated heterocycles. The minimum atomic E-state index is -4.63. The van der Waals surface area contributed by atoms with E-state index >= 15 is 0 Å². The van der Waals surface area contributed by atoms with Crippen LogP contribution in [0.1, 0.15) is 12.2 Å². The summed E-state index contributed by atoms with van der Waals surface area (Å²) in [6.07, 6.45) is -3.81. The lowest BCUT2D eigenvalue weighted by Gasteiger charge is -2.11. The van der Waals surface area contributed by atoms with Gasteiger partial charge in [0.05, 0.1) is 13.2 Å². The molecule has 2 N–H and O–H groups in total. The highest BCUT2D eigenvalue weighted by Gasteiger charge is 2.35. The van der Waals surface area contributed by atoms with Crippen molar-refractivity contribution in [1.82, 2.24) is 9.97 Å². The second-order valence-corrected chi connectivity index (χ2v) is 3.99. The number of nitrogen functional groups attached to an aromatic ring is 1. The molecule has 0 spiro atoms. The van der Waals surface area contributed by atoms with Gasteiger partial charge in [-0.2, -0.15) is 18.2 Å². The summed E-state index contributed by atoms with van der Waals surface area (Å²) in [7, 11) is 0. The normalized spacial score (nSPS) is 20.1. The first-order valence-corrected chi connectivity index (χ1v) is 5.37. The highest BCUT2D eigenvalue weighted by atomic mass is 19.4. The molecule has 1 aliphatic heterocycles. The molecule has 0 saturated carbocycles. The Balaban J connectivity index is 2.05. The summed E-state index contributed by atoms with van der Waals surface area (Å²) >= 11 is 0. The van der Waals surface area contributed by atoms with Crippen LogP contribution in [0, 0.1) is 5.92 Å². The monoisotopic (exact) mass is 263 g/mol. The lowest BCUT2D eigenvalue weighted by Crippen LogP contribution is -2.16. The number of nitrogens with two attached hydrogens (primary N) is 1. The van der Waals surface area contributed by atoms with E-state index in [0.717, 1.165) is 6.42 Å². The van der Waals surface area contributed by atoms with Crippen LogP contribution >= 0.6 is 0 Å². The minimum Gasteiger partial charge on any atom is -0.477 e. The molecule has 1 fully saturated rings. The molecule has 0 amide bonds. The van der Waals surface area contributed by atoms with Crippen LogP contribution in [0.5, 0.6) is 5.88 Å². The summed E-state index contributed by atoms with van der Waals surface area (Å²) < 4.78 is 47.6. The van der Waals surface area contributed by atoms with Crippen molar-refractivity contribution in [1.29, 1.82) is 0 Å². The van der Waals surface area contributed by atoms with Gasteiger partial charge in [0.1, 0.15) is 5.82 Å². The van der Waals surface area contributed by atoms with Crippen LogP contribution in [0.2, 0.25) is 0 Å². The Morgan fingerprint density at radius 3 is 2.83 bits per heavy atom. The molecule has 0 radical (unpaired) electrons. The second kappa shape index (κ2) is 4.97. The van der Waals surface area contributed by atoms with Gasteiger partial charge in [-0.25, -0.2) is 4.98 Å². The highest BCUT2D eigenvalue weighted by Crippen LogP contribution is 2.28. The standard InChI is InChI=1S/C10H12F3N3O2/c11-10(12,13)9-15-7(14)3-8(16-9)18-5-6-1-2-17-4-6/h3,6H,1-2,4-5H2,(H2,14,15,16). The zero-order valence-electron chi connectivity index (χ0n) is 9.41. The molecule has 0 aliphatic carbocycles. The fraction of sp³-hybridized carbons (Fsp3) is 0.600. The Morgan fingerprint density at radius 1 is 1.44 bits per heavy atom. The van der Waals surface area contributed by atoms with Crippen molar-refractivity contribution in [2.24, 2.45) is 5.92 Å². The van der Waals surface area contributed by atoms with Crippen molar-refractivity contribution < 1.29 is 22.6 Å². The first kappa shape index (κ1) is 12.9. The van der Waals surface area contributed by atoms with Gasteiger partial charge < -0.3 is 15.2 Å². The predicted octanol–water partition coefficient (Wildman–Crippen LogP) is 1.49. The molecule has 0 aromatic carbocycles. The minimum absolute atomic E-state index is 0.165. The number of nitrogens with zero attached hydrogens (tertiary/aromatic N) is 2. The van der Waals surface area contributed by atoms with E-state index in [9.17, 15) is 13.2 Å². The zero-order valence-corrected chi connectivity index (χ0v) is 9.41. The maximum Gasteiger partial charge on any atom is 0.451 e. The van der Waals surface area contributed by atoms with E-state index in [-0.39, 0.29) is 24.2 Å². The van der Waals surface area contributed by atoms with Gasteiger partial charge in [0.2, 0.25) is 11.7 Å². The van der Waals surface area contributed by atoms with Crippen molar-refractivity contribution in [3.8, 4) is 5.88 Å². The number of hydrogen-bond donors (Lipinski definition) is 1. The van der Waals surface area contributed by atoms with Gasteiger partial charge in [0, 0.05) is 18.6 Å². The van der Waals surface area contributed by atoms with Gasteiger partial charge in [0.15, 0.2) is 0 Å². The van der Waals surface area contributed by atoms with E-state index in [0.29, 0.717) is 13.2 Å². The Morgan fingerprint density at radius 2 is 2.22 bits per heavy atom. The molecule has 5 nitrogen and oxygen atoms in total. The Kier molecular flexibility index (Phi) is 3.55. The number of aromatic nitrogens is 2. The molecule has 18 heavy (non-hydrogen) atoms. The summed E-state index contributed by atoms with van der Waals surface area (Å²) in [5.74, 6) is -1.55. The Labute approximate surface area is 101 Å². The lowest BCUT2D eigenvalue weighted by atomic mass is 10.1. The van der Waals surface area contributed by atoms with E-state index in [2.05, 4.69) is 9.97 Å². The van der Waals surface area contributed by atoms with Crippen LogP contribution < -0.4 is 10.5 Å². The maximum absolute atomic E-state index is 12.4. The maximum atomic E-state index is 12.4. The van der Waals surface area contributed by atoms with Gasteiger partial charge in [0.25, 0.3) is 0 Å². The third-order valence-electron chi connectivity index (χ3n) is 2.47. The molecular formula is C10H12F3N3O2. The SMILES string of the molecule is Nc1cc(OCC2CCOC2)nc(C(F)(F)F)n1. The smallest absolute Gasteiger partial charge is 0.451 e. The topological polar surface area (TPSA) is 70.3 Å². The van der Waals surface area contributed by atoms with E-state index in [1.165, 1.54) is 6.07 Å². The van der Waals surface area contributed by atoms with Crippen molar-refractivity contribution in [3.05, 3.63) is 11.9 Å². The lowest BCUT2D eigenvalue weighted by molar-refractivity contribution is -0.145. The van der Waals surface area contributed by atoms with Gasteiger partial charge >= 0.3 is 6.18 Å². The predicted molar refractivity (Wildman–Crippen MR) is 55.9 cm³/mol. The van der Waals surface area contributed by atoms with E-state index in [1.54, 1.807) is 0 Å². The van der Waals surface area contributed by atoms with Crippen LogP contribution in [0.3, 0.4) is 0 Å². The van der Waals surface area contributed by atoms with E-state index < -0.39 is 12.0 Å². The molecule has 100 valence electrons. The van der Waals surface area contributed by atoms with Crippen molar-refractivity contribution >= 4 is 5.82 Å². The first-order chi connectivity index (χ1) is 8.45. The quantitative estimate of drug-likeness (QED) is 0.894. The molecular weight excluding hydrogens is 251 g/mol. The van der Waals surface area contributed by atoms with Crippen LogP contribution in [-0.4, -0.2) is 29.8 Å². The number of alkyl halides is 3. The van der Waals surface area contributed by atoms with Gasteiger partial charge in [-0.1, -0.05) is 0 Å². The van der Waals surface area contributed by atoms with Crippen molar-refractivity contribution in [2.75, 3.05) is 25.6 Å². The molecule has 8 heteroatoms. The third kappa shape index (κ3) is 3.22. The number of anilines is 1. The van der Waals surface area contributed by atoms with Gasteiger partial charge in [-0.3, -0.25) is 0 Å². The molecule has 1 aliphatic rings. The van der Waals surface area contributed by atoms with Crippen LogP contribution in [-0.2, 0) is 10.9 Å². The highest BCUT2D eigenvalue weighted by molar-refractivity contribution is 5.33. The summed E-state index contributed by atoms with van der Waals surface area (Å²) in [5, 5.41) is 0. The van der Waals surface area contributed by atoms with Gasteiger partial charge in [-0.05, 0) is 6.42 Å². The van der Waals surface area contributed by atoms with E-state index in [4.69, 9.17) is 15.2 Å². The zero-order chi connectivity index (χ0) is 13.2. The average Bonchev–Trinajstić information content (AvgIpc) is 2.77. The van der Waals surface area contributed by atoms with E-state index in [1.807, 2.05) is 0 Å². The fourth-order valence-corrected chi connectivity index (χ4v) is 1.56. The molecule has 1 unspecified atom stereocenters. The van der Waals surface area contributed by atoms with Crippen LogP contribution in [0.15, 0.2) is 6.07 Å². The number of hydrogen-bond acceptors (Lipinski definition) is 5. The number of ether oxygens (including phenoxy) is 2. The van der Waals surface area contributed by atoms with Crippen LogP contribution in [0.4, 0.5) is 19.0 Å². The molecule has 0 bridgehead atoms. The van der Waals surface area contributed by atoms with Crippen molar-refractivity contribution in [2.45, 2.75) is 12.6 Å². The molecule has 1 aromatic heterocycles. The van der Waals surface area contributed by atoms with Crippen LogP contribution in [0.25, 0.3) is 0 Å². The van der Waals surface area contributed by atoms with Gasteiger partial charge in [-0.15, -0.1) is 0 Å². The summed E-state index contributed by atoms with van der Waals surface area (Å²) in [5.41, 5.74) is 5.28. The summed E-state index contributed by atoms with van der Waals surface area (Å²) in [6, 6.07) is 1.17. The first-order valence-electron chi connectivity index (χ1n) is 5.37. The second-order valence-electron chi connectivity index (χ2n) is 3.99. The number of rotatable bonds is 3. The molecule has 1 aromatic rings. The number of halogens is 3. The van der Waals surface area contributed by atoms with Crippen molar-refractivity contribution in [3.63, 3.8) is 0 Å². The largest absolute Gasteiger partial charge is 0.477 e. The molecule has 1 atom stereocenters. The Hall–Kier alpha value is -1.57. The molecule has 2 heterocycles.